The molecule has 2 nitrogen and oxygen atoms in total. The van der Waals surface area contributed by atoms with Gasteiger partial charge >= 0.3 is 0 Å². The molecule has 0 fully saturated rings. The normalized spacial score (nSPS) is 10.0. The van der Waals surface area contributed by atoms with E-state index in [9.17, 15) is 0 Å². The zero-order chi connectivity index (χ0) is 9.52. The molecule has 0 radical (unpaired) electrons. The van der Waals surface area contributed by atoms with E-state index < -0.39 is 0 Å². The van der Waals surface area contributed by atoms with Crippen molar-refractivity contribution in [2.45, 2.75) is 6.92 Å². The highest BCUT2D eigenvalue weighted by atomic mass is 32.1. The molecular weight excluding hydrogens is 182 g/mol. The van der Waals surface area contributed by atoms with E-state index in [4.69, 9.17) is 4.74 Å². The molecule has 0 saturated carbocycles. The lowest BCUT2D eigenvalue weighted by atomic mass is 10.3. The first kappa shape index (κ1) is 10.4. The molecule has 0 unspecified atom stereocenters. The second kappa shape index (κ2) is 5.89. The second-order valence-corrected chi connectivity index (χ2v) is 3.14. The first-order chi connectivity index (χ1) is 6.34. The summed E-state index contributed by atoms with van der Waals surface area (Å²) in [5, 5.41) is 0. The van der Waals surface area contributed by atoms with Crippen molar-refractivity contribution >= 4 is 18.5 Å². The van der Waals surface area contributed by atoms with Crippen LogP contribution in [0, 0.1) is 0 Å². The molecule has 1 aromatic rings. The van der Waals surface area contributed by atoms with Crippen LogP contribution in [0.1, 0.15) is 6.92 Å². The van der Waals surface area contributed by atoms with Gasteiger partial charge in [-0.15, -0.1) is 0 Å². The van der Waals surface area contributed by atoms with E-state index in [-0.39, 0.29) is 0 Å². The first-order valence-electron chi connectivity index (χ1n) is 4.43. The van der Waals surface area contributed by atoms with Crippen molar-refractivity contribution in [3.63, 3.8) is 0 Å². The monoisotopic (exact) mass is 197 g/mol. The molecular formula is C10H15NOS. The van der Waals surface area contributed by atoms with Crippen molar-refractivity contribution in [1.82, 2.24) is 0 Å². The summed E-state index contributed by atoms with van der Waals surface area (Å²) in [5.41, 5.74) is 1.10. The van der Waals surface area contributed by atoms with Gasteiger partial charge in [0.15, 0.2) is 0 Å². The zero-order valence-electron chi connectivity index (χ0n) is 7.81. The Morgan fingerprint density at radius 3 is 2.62 bits per heavy atom. The van der Waals surface area contributed by atoms with Crippen molar-refractivity contribution in [3.05, 3.63) is 30.3 Å². The van der Waals surface area contributed by atoms with Crippen LogP contribution in [0.15, 0.2) is 30.3 Å². The third-order valence-electron chi connectivity index (χ3n) is 1.71. The van der Waals surface area contributed by atoms with Gasteiger partial charge in [0, 0.05) is 12.3 Å². The van der Waals surface area contributed by atoms with Gasteiger partial charge in [0.2, 0.25) is 0 Å². The van der Waals surface area contributed by atoms with E-state index >= 15 is 0 Å². The van der Waals surface area contributed by atoms with Crippen LogP contribution in [0.3, 0.4) is 0 Å². The van der Waals surface area contributed by atoms with E-state index in [1.54, 1.807) is 0 Å². The maximum atomic E-state index is 5.24. The number of nitrogens with zero attached hydrogens (tertiary/aromatic N) is 1. The molecule has 13 heavy (non-hydrogen) atoms. The van der Waals surface area contributed by atoms with Crippen LogP contribution in [0.25, 0.3) is 0 Å². The van der Waals surface area contributed by atoms with Crippen LogP contribution in [-0.4, -0.2) is 19.8 Å². The molecule has 1 rings (SSSR count). The van der Waals surface area contributed by atoms with E-state index in [0.717, 1.165) is 25.4 Å². The Morgan fingerprint density at radius 1 is 1.31 bits per heavy atom. The lowest BCUT2D eigenvalue weighted by Gasteiger charge is -2.16. The Labute approximate surface area is 85.1 Å². The third kappa shape index (κ3) is 3.70. The first-order valence-corrected chi connectivity index (χ1v) is 4.83. The minimum atomic E-state index is 0.717. The van der Waals surface area contributed by atoms with Gasteiger partial charge in [-0.2, -0.15) is 0 Å². The predicted molar refractivity (Wildman–Crippen MR) is 59.3 cm³/mol. The summed E-state index contributed by atoms with van der Waals surface area (Å²) in [4.78, 5) is 0. The summed E-state index contributed by atoms with van der Waals surface area (Å²) in [6.07, 6.45) is 0. The Bertz CT molecular complexity index is 228. The van der Waals surface area contributed by atoms with Gasteiger partial charge in [0.1, 0.15) is 0 Å². The van der Waals surface area contributed by atoms with Crippen LogP contribution < -0.4 is 4.31 Å². The number of anilines is 1. The van der Waals surface area contributed by atoms with Gasteiger partial charge in [-0.25, -0.2) is 0 Å². The Hall–Kier alpha value is -0.670. The molecule has 0 aromatic heterocycles. The maximum Gasteiger partial charge on any atom is 0.0651 e. The quantitative estimate of drug-likeness (QED) is 0.574. The average molecular weight is 197 g/mol. The van der Waals surface area contributed by atoms with Gasteiger partial charge in [-0.05, 0) is 19.1 Å². The number of benzene rings is 1. The maximum absolute atomic E-state index is 5.24. The van der Waals surface area contributed by atoms with Crippen LogP contribution in [-0.2, 0) is 4.74 Å². The fourth-order valence-corrected chi connectivity index (χ4v) is 1.24. The molecule has 0 amide bonds. The Kier molecular flexibility index (Phi) is 4.72. The lowest BCUT2D eigenvalue weighted by Crippen LogP contribution is -2.17. The number of thiol groups is 1. The van der Waals surface area contributed by atoms with Gasteiger partial charge in [0.05, 0.1) is 13.2 Å². The zero-order valence-corrected chi connectivity index (χ0v) is 8.71. The standard InChI is InChI=1S/C10H15NOS/c1-2-12-9-8-11(13)10-6-4-3-5-7-10/h3-7,13H,2,8-9H2,1H3. The number of rotatable bonds is 5. The number of hydrogen-bond acceptors (Lipinski definition) is 3. The molecule has 0 atom stereocenters. The van der Waals surface area contributed by atoms with E-state index in [0.29, 0.717) is 0 Å². The van der Waals surface area contributed by atoms with Gasteiger partial charge < -0.3 is 9.04 Å². The minimum Gasteiger partial charge on any atom is -0.380 e. The van der Waals surface area contributed by atoms with Gasteiger partial charge in [-0.1, -0.05) is 31.0 Å². The summed E-state index contributed by atoms with van der Waals surface area (Å²) in [6, 6.07) is 10.0. The second-order valence-electron chi connectivity index (χ2n) is 2.66. The fourth-order valence-electron chi connectivity index (χ4n) is 1.02. The smallest absolute Gasteiger partial charge is 0.0651 e. The Balaban J connectivity index is 2.35. The largest absolute Gasteiger partial charge is 0.380 e. The minimum absolute atomic E-state index is 0.717. The highest BCUT2D eigenvalue weighted by molar-refractivity contribution is 7.81. The van der Waals surface area contributed by atoms with Crippen molar-refractivity contribution in [1.29, 1.82) is 0 Å². The summed E-state index contributed by atoms with van der Waals surface area (Å²) < 4.78 is 7.12. The molecule has 3 heteroatoms. The summed E-state index contributed by atoms with van der Waals surface area (Å²) in [6.45, 7) is 4.28. The van der Waals surface area contributed by atoms with Crippen LogP contribution in [0.5, 0.6) is 0 Å². The summed E-state index contributed by atoms with van der Waals surface area (Å²) >= 11 is 4.35. The molecule has 0 spiro atoms. The molecule has 0 saturated heterocycles. The van der Waals surface area contributed by atoms with E-state index in [1.807, 2.05) is 41.6 Å². The predicted octanol–water partition coefficient (Wildman–Crippen LogP) is 2.37. The molecule has 0 bridgehead atoms. The van der Waals surface area contributed by atoms with Crippen molar-refractivity contribution < 1.29 is 4.74 Å². The average Bonchev–Trinajstić information content (AvgIpc) is 2.19. The van der Waals surface area contributed by atoms with E-state index in [1.165, 1.54) is 0 Å². The molecule has 0 aliphatic rings. The topological polar surface area (TPSA) is 12.5 Å². The lowest BCUT2D eigenvalue weighted by molar-refractivity contribution is 0.156. The molecule has 0 aliphatic carbocycles. The van der Waals surface area contributed by atoms with Gasteiger partial charge in [-0.3, -0.25) is 0 Å². The highest BCUT2D eigenvalue weighted by Gasteiger charge is 1.98. The van der Waals surface area contributed by atoms with Crippen molar-refractivity contribution in [2.24, 2.45) is 0 Å². The van der Waals surface area contributed by atoms with Crippen LogP contribution in [0.4, 0.5) is 5.69 Å². The number of ether oxygens (including phenoxy) is 1. The molecule has 0 aliphatic heterocycles. The molecule has 72 valence electrons. The Morgan fingerprint density at radius 2 is 2.00 bits per heavy atom. The fraction of sp³-hybridized carbons (Fsp3) is 0.400. The van der Waals surface area contributed by atoms with Gasteiger partial charge in [0.25, 0.3) is 0 Å². The number of hydrogen-bond donors (Lipinski definition) is 1. The number of para-hydroxylation sites is 1. The molecule has 0 N–H and O–H groups in total. The highest BCUT2D eigenvalue weighted by Crippen LogP contribution is 2.14. The third-order valence-corrected chi connectivity index (χ3v) is 2.14. The van der Waals surface area contributed by atoms with Crippen molar-refractivity contribution in [2.75, 3.05) is 24.1 Å². The summed E-state index contributed by atoms with van der Waals surface area (Å²) in [5.74, 6) is 0. The molecule has 1 aromatic carbocycles. The van der Waals surface area contributed by atoms with Crippen LogP contribution in [0.2, 0.25) is 0 Å². The van der Waals surface area contributed by atoms with E-state index in [2.05, 4.69) is 12.8 Å². The van der Waals surface area contributed by atoms with Crippen LogP contribution >= 0.6 is 12.8 Å². The molecule has 0 heterocycles. The van der Waals surface area contributed by atoms with Crippen molar-refractivity contribution in [3.8, 4) is 0 Å². The SMILES string of the molecule is CCOCCN(S)c1ccccc1. The summed E-state index contributed by atoms with van der Waals surface area (Å²) in [7, 11) is 0.